The summed E-state index contributed by atoms with van der Waals surface area (Å²) < 4.78 is 16.9. The number of methoxy groups -OCH3 is 1. The third-order valence-electron chi connectivity index (χ3n) is 3.90. The maximum absolute atomic E-state index is 5.99. The van der Waals surface area contributed by atoms with E-state index in [4.69, 9.17) is 14.2 Å². The lowest BCUT2D eigenvalue weighted by Gasteiger charge is -2.15. The van der Waals surface area contributed by atoms with Gasteiger partial charge in [0.15, 0.2) is 0 Å². The Morgan fingerprint density at radius 2 is 1.75 bits per heavy atom. The molecule has 0 aromatic heterocycles. The van der Waals surface area contributed by atoms with Crippen molar-refractivity contribution < 1.29 is 14.2 Å². The summed E-state index contributed by atoms with van der Waals surface area (Å²) >= 11 is 0. The average molecular weight is 277 g/mol. The van der Waals surface area contributed by atoms with Crippen molar-refractivity contribution in [3.8, 4) is 11.5 Å². The van der Waals surface area contributed by atoms with Crippen LogP contribution in [-0.2, 0) is 4.74 Å². The summed E-state index contributed by atoms with van der Waals surface area (Å²) in [5.41, 5.74) is 0. The Bertz CT molecular complexity index is 416. The Labute approximate surface area is 120 Å². The molecule has 1 aliphatic carbocycles. The molecule has 2 aliphatic rings. The molecule has 1 saturated carbocycles. The molecule has 4 nitrogen and oxygen atoms in total. The van der Waals surface area contributed by atoms with E-state index in [1.807, 2.05) is 24.3 Å². The minimum atomic E-state index is 0.225. The smallest absolute Gasteiger partial charge is 0.119 e. The second kappa shape index (κ2) is 6.46. The van der Waals surface area contributed by atoms with Gasteiger partial charge in [0.2, 0.25) is 0 Å². The van der Waals surface area contributed by atoms with Crippen molar-refractivity contribution in [3.63, 3.8) is 0 Å². The molecule has 0 amide bonds. The van der Waals surface area contributed by atoms with Gasteiger partial charge < -0.3 is 19.5 Å². The molecule has 1 N–H and O–H groups in total. The first kappa shape index (κ1) is 13.7. The quantitative estimate of drug-likeness (QED) is 0.830. The fraction of sp³-hybridized carbons (Fsp3) is 0.625. The lowest BCUT2D eigenvalue weighted by Crippen LogP contribution is -2.29. The molecular formula is C16H23NO3. The van der Waals surface area contributed by atoms with Crippen LogP contribution in [-0.4, -0.2) is 38.5 Å². The van der Waals surface area contributed by atoms with Crippen molar-refractivity contribution in [1.82, 2.24) is 5.32 Å². The summed E-state index contributed by atoms with van der Waals surface area (Å²) in [6, 6.07) is 8.44. The van der Waals surface area contributed by atoms with Crippen LogP contribution in [0.25, 0.3) is 0 Å². The second-order valence-electron chi connectivity index (χ2n) is 5.63. The molecule has 0 radical (unpaired) electrons. The summed E-state index contributed by atoms with van der Waals surface area (Å²) in [5, 5.41) is 3.53. The van der Waals surface area contributed by atoms with Crippen LogP contribution in [0.4, 0.5) is 0 Å². The van der Waals surface area contributed by atoms with Gasteiger partial charge in [0.25, 0.3) is 0 Å². The van der Waals surface area contributed by atoms with Crippen LogP contribution >= 0.6 is 0 Å². The van der Waals surface area contributed by atoms with E-state index < -0.39 is 0 Å². The first-order chi connectivity index (χ1) is 9.83. The van der Waals surface area contributed by atoms with E-state index in [0.29, 0.717) is 12.7 Å². The Kier molecular flexibility index (Phi) is 4.43. The Morgan fingerprint density at radius 1 is 1.05 bits per heavy atom. The fourth-order valence-electron chi connectivity index (χ4n) is 2.50. The third kappa shape index (κ3) is 3.87. The highest BCUT2D eigenvalue weighted by molar-refractivity contribution is 5.31. The van der Waals surface area contributed by atoms with E-state index in [1.165, 1.54) is 12.8 Å². The molecule has 2 unspecified atom stereocenters. The van der Waals surface area contributed by atoms with Crippen molar-refractivity contribution in [2.24, 2.45) is 0 Å². The van der Waals surface area contributed by atoms with Gasteiger partial charge in [-0.15, -0.1) is 0 Å². The van der Waals surface area contributed by atoms with Gasteiger partial charge in [0.05, 0.1) is 19.3 Å². The van der Waals surface area contributed by atoms with E-state index in [9.17, 15) is 0 Å². The Morgan fingerprint density at radius 3 is 2.45 bits per heavy atom. The van der Waals surface area contributed by atoms with E-state index >= 15 is 0 Å². The molecular weight excluding hydrogens is 254 g/mol. The maximum Gasteiger partial charge on any atom is 0.119 e. The molecule has 3 rings (SSSR count). The Hall–Kier alpha value is -1.26. The van der Waals surface area contributed by atoms with Crippen LogP contribution in [0.1, 0.15) is 25.7 Å². The van der Waals surface area contributed by atoms with Gasteiger partial charge in [-0.25, -0.2) is 0 Å². The molecule has 1 saturated heterocycles. The summed E-state index contributed by atoms with van der Waals surface area (Å²) in [5.74, 6) is 1.72. The number of hydrogen-bond acceptors (Lipinski definition) is 4. The van der Waals surface area contributed by atoms with Gasteiger partial charge in [-0.05, 0) is 49.9 Å². The van der Waals surface area contributed by atoms with Crippen LogP contribution in [0.2, 0.25) is 0 Å². The fourth-order valence-corrected chi connectivity index (χ4v) is 2.50. The van der Waals surface area contributed by atoms with Crippen LogP contribution in [0, 0.1) is 0 Å². The molecule has 1 heterocycles. The summed E-state index contributed by atoms with van der Waals surface area (Å²) in [6.45, 7) is 1.62. The molecule has 0 bridgehead atoms. The zero-order valence-electron chi connectivity index (χ0n) is 12.0. The molecule has 110 valence electrons. The zero-order chi connectivity index (χ0) is 13.8. The Balaban J connectivity index is 1.37. The van der Waals surface area contributed by atoms with Crippen molar-refractivity contribution in [1.29, 1.82) is 0 Å². The SMILES string of the molecule is COc1ccc(OCC2CCC(CNC3CC3)O2)cc1. The van der Waals surface area contributed by atoms with E-state index in [1.54, 1.807) is 7.11 Å². The predicted octanol–water partition coefficient (Wildman–Crippen LogP) is 2.37. The maximum atomic E-state index is 5.99. The lowest BCUT2D eigenvalue weighted by molar-refractivity contribution is 0.0184. The average Bonchev–Trinajstić information content (AvgIpc) is 3.22. The number of rotatable bonds is 7. The zero-order valence-corrected chi connectivity index (χ0v) is 12.0. The topological polar surface area (TPSA) is 39.7 Å². The first-order valence-electron chi connectivity index (χ1n) is 7.49. The van der Waals surface area contributed by atoms with Crippen LogP contribution < -0.4 is 14.8 Å². The highest BCUT2D eigenvalue weighted by atomic mass is 16.5. The lowest BCUT2D eigenvalue weighted by atomic mass is 10.2. The van der Waals surface area contributed by atoms with E-state index in [2.05, 4.69) is 5.32 Å². The summed E-state index contributed by atoms with van der Waals surface area (Å²) in [6.07, 6.45) is 5.47. The second-order valence-corrected chi connectivity index (χ2v) is 5.63. The van der Waals surface area contributed by atoms with Crippen LogP contribution in [0.3, 0.4) is 0 Å². The molecule has 0 spiro atoms. The van der Waals surface area contributed by atoms with Crippen LogP contribution in [0.5, 0.6) is 11.5 Å². The number of benzene rings is 1. The van der Waals surface area contributed by atoms with Crippen LogP contribution in [0.15, 0.2) is 24.3 Å². The van der Waals surface area contributed by atoms with Crippen molar-refractivity contribution in [3.05, 3.63) is 24.3 Å². The minimum Gasteiger partial charge on any atom is -0.497 e. The molecule has 1 aromatic carbocycles. The van der Waals surface area contributed by atoms with Gasteiger partial charge in [-0.2, -0.15) is 0 Å². The first-order valence-corrected chi connectivity index (χ1v) is 7.49. The minimum absolute atomic E-state index is 0.225. The summed E-state index contributed by atoms with van der Waals surface area (Å²) in [7, 11) is 1.66. The molecule has 1 aliphatic heterocycles. The summed E-state index contributed by atoms with van der Waals surface area (Å²) in [4.78, 5) is 0. The van der Waals surface area contributed by atoms with Crippen molar-refractivity contribution in [2.75, 3.05) is 20.3 Å². The largest absolute Gasteiger partial charge is 0.497 e. The normalized spacial score (nSPS) is 25.6. The highest BCUT2D eigenvalue weighted by Gasteiger charge is 2.28. The van der Waals surface area contributed by atoms with Gasteiger partial charge >= 0.3 is 0 Å². The molecule has 20 heavy (non-hydrogen) atoms. The van der Waals surface area contributed by atoms with Crippen molar-refractivity contribution >= 4 is 0 Å². The van der Waals surface area contributed by atoms with Crippen molar-refractivity contribution in [2.45, 2.75) is 43.9 Å². The molecule has 2 atom stereocenters. The predicted molar refractivity (Wildman–Crippen MR) is 77.4 cm³/mol. The molecule has 2 fully saturated rings. The van der Waals surface area contributed by atoms with Gasteiger partial charge in [0.1, 0.15) is 18.1 Å². The standard InChI is InChI=1S/C16H23NO3/c1-18-13-4-6-14(7-5-13)19-11-16-9-8-15(20-16)10-17-12-2-3-12/h4-7,12,15-17H,2-3,8-11H2,1H3. The number of nitrogens with one attached hydrogen (secondary N) is 1. The van der Waals surface area contributed by atoms with E-state index in [0.717, 1.165) is 36.9 Å². The number of ether oxygens (including phenoxy) is 3. The van der Waals surface area contributed by atoms with E-state index in [-0.39, 0.29) is 6.10 Å². The third-order valence-corrected chi connectivity index (χ3v) is 3.90. The van der Waals surface area contributed by atoms with Gasteiger partial charge in [0, 0.05) is 12.6 Å². The number of hydrogen-bond donors (Lipinski definition) is 1. The monoisotopic (exact) mass is 277 g/mol. The van der Waals surface area contributed by atoms with Gasteiger partial charge in [-0.3, -0.25) is 0 Å². The molecule has 4 heteroatoms. The highest BCUT2D eigenvalue weighted by Crippen LogP contribution is 2.24. The molecule has 1 aromatic rings. The van der Waals surface area contributed by atoms with Gasteiger partial charge in [-0.1, -0.05) is 0 Å².